The molecule has 2 aliphatic heterocycles. The molecule has 2 amide bonds. The van der Waals surface area contributed by atoms with Gasteiger partial charge < -0.3 is 15.2 Å². The van der Waals surface area contributed by atoms with E-state index >= 15 is 0 Å². The van der Waals surface area contributed by atoms with Crippen LogP contribution in [0.3, 0.4) is 0 Å². The maximum absolute atomic E-state index is 13.7. The number of fused-ring (bicyclic) bond motifs is 1. The van der Waals surface area contributed by atoms with Gasteiger partial charge in [0.15, 0.2) is 11.5 Å². The molecule has 8 heteroatoms. The van der Waals surface area contributed by atoms with Crippen LogP contribution in [0.25, 0.3) is 0 Å². The van der Waals surface area contributed by atoms with Crippen LogP contribution in [0.2, 0.25) is 5.02 Å². The smallest absolute Gasteiger partial charge is 0.272 e. The zero-order valence-corrected chi connectivity index (χ0v) is 19.1. The van der Waals surface area contributed by atoms with E-state index < -0.39 is 11.9 Å². The molecule has 0 radical (unpaired) electrons. The molecular weight excluding hydrogens is 460 g/mol. The standard InChI is InChI=1S/C25H19ClN2O4S/c1-2-32-19-13-14(7-12-18(19)29)22-21-23(33-20-6-4-3-5-17(20)27-22)25(31)28(24(21)30)16-10-8-15(26)9-11-16/h3-13,22,27,29H,2H2,1H3/t22-/m1/s1. The lowest BCUT2D eigenvalue weighted by Gasteiger charge is -2.23. The molecule has 3 aromatic rings. The van der Waals surface area contributed by atoms with E-state index in [-0.39, 0.29) is 11.7 Å². The van der Waals surface area contributed by atoms with Crippen LogP contribution in [0.1, 0.15) is 18.5 Å². The summed E-state index contributed by atoms with van der Waals surface area (Å²) in [5, 5.41) is 14.1. The van der Waals surface area contributed by atoms with Gasteiger partial charge >= 0.3 is 0 Å². The fraction of sp³-hybridized carbons (Fsp3) is 0.120. The van der Waals surface area contributed by atoms with Gasteiger partial charge in [-0.05, 0) is 61.0 Å². The summed E-state index contributed by atoms with van der Waals surface area (Å²) >= 11 is 7.28. The van der Waals surface area contributed by atoms with Crippen molar-refractivity contribution in [3.05, 3.63) is 87.8 Å². The number of para-hydroxylation sites is 1. The summed E-state index contributed by atoms with van der Waals surface area (Å²) in [5.74, 6) is -0.457. The lowest BCUT2D eigenvalue weighted by molar-refractivity contribution is -0.120. The molecule has 33 heavy (non-hydrogen) atoms. The van der Waals surface area contributed by atoms with Crippen molar-refractivity contribution in [2.24, 2.45) is 0 Å². The van der Waals surface area contributed by atoms with Gasteiger partial charge in [-0.1, -0.05) is 41.6 Å². The number of thioether (sulfide) groups is 1. The van der Waals surface area contributed by atoms with Gasteiger partial charge in [-0.25, -0.2) is 4.90 Å². The van der Waals surface area contributed by atoms with Crippen molar-refractivity contribution in [3.63, 3.8) is 0 Å². The van der Waals surface area contributed by atoms with Crippen LogP contribution >= 0.6 is 23.4 Å². The Morgan fingerprint density at radius 3 is 2.58 bits per heavy atom. The van der Waals surface area contributed by atoms with Crippen molar-refractivity contribution < 1.29 is 19.4 Å². The van der Waals surface area contributed by atoms with Crippen molar-refractivity contribution >= 4 is 46.6 Å². The summed E-state index contributed by atoms with van der Waals surface area (Å²) in [5.41, 5.74) is 2.31. The number of halogens is 1. The monoisotopic (exact) mass is 478 g/mol. The molecule has 3 aromatic carbocycles. The highest BCUT2D eigenvalue weighted by molar-refractivity contribution is 8.04. The number of phenols is 1. The normalized spacial score (nSPS) is 17.4. The number of rotatable bonds is 4. The number of carbonyl (C=O) groups is 2. The quantitative estimate of drug-likeness (QED) is 0.480. The average molecular weight is 479 g/mol. The molecule has 5 rings (SSSR count). The van der Waals surface area contributed by atoms with Crippen LogP contribution in [-0.4, -0.2) is 23.5 Å². The first kappa shape index (κ1) is 21.4. The molecule has 1 atom stereocenters. The van der Waals surface area contributed by atoms with E-state index in [1.165, 1.54) is 22.7 Å². The number of hydrogen-bond donors (Lipinski definition) is 2. The van der Waals surface area contributed by atoms with Gasteiger partial charge in [0.2, 0.25) is 0 Å². The first-order valence-corrected chi connectivity index (χ1v) is 11.5. The van der Waals surface area contributed by atoms with Gasteiger partial charge in [0, 0.05) is 15.6 Å². The third-order valence-corrected chi connectivity index (χ3v) is 6.89. The van der Waals surface area contributed by atoms with Crippen LogP contribution in [-0.2, 0) is 9.59 Å². The first-order valence-electron chi connectivity index (χ1n) is 10.4. The van der Waals surface area contributed by atoms with E-state index in [1.807, 2.05) is 31.2 Å². The number of hydrogen-bond acceptors (Lipinski definition) is 6. The molecule has 0 bridgehead atoms. The van der Waals surface area contributed by atoms with Gasteiger partial charge in [0.25, 0.3) is 11.8 Å². The van der Waals surface area contributed by atoms with E-state index in [0.717, 1.165) is 10.6 Å². The predicted octanol–water partition coefficient (Wildman–Crippen LogP) is 5.53. The van der Waals surface area contributed by atoms with Crippen LogP contribution in [0.15, 0.2) is 82.1 Å². The van der Waals surface area contributed by atoms with Crippen LogP contribution in [0.5, 0.6) is 11.5 Å². The fourth-order valence-corrected chi connectivity index (χ4v) is 5.17. The Morgan fingerprint density at radius 1 is 1.06 bits per heavy atom. The number of imide groups is 1. The highest BCUT2D eigenvalue weighted by atomic mass is 35.5. The molecule has 0 saturated carbocycles. The lowest BCUT2D eigenvalue weighted by Crippen LogP contribution is -2.33. The van der Waals surface area contributed by atoms with Gasteiger partial charge in [-0.15, -0.1) is 0 Å². The molecule has 0 aliphatic carbocycles. The number of phenolic OH excluding ortho intramolecular Hbond substituents is 1. The molecule has 166 valence electrons. The number of nitrogens with zero attached hydrogens (tertiary/aromatic N) is 1. The zero-order chi connectivity index (χ0) is 23.1. The Labute approximate surface area is 199 Å². The summed E-state index contributed by atoms with van der Waals surface area (Å²) in [4.78, 5) is 29.6. The maximum atomic E-state index is 13.7. The predicted molar refractivity (Wildman–Crippen MR) is 129 cm³/mol. The van der Waals surface area contributed by atoms with Crippen molar-refractivity contribution in [2.45, 2.75) is 17.9 Å². The Balaban J connectivity index is 1.65. The second kappa shape index (κ2) is 8.50. The molecule has 0 fully saturated rings. The highest BCUT2D eigenvalue weighted by Crippen LogP contribution is 2.48. The van der Waals surface area contributed by atoms with Crippen LogP contribution in [0, 0.1) is 0 Å². The van der Waals surface area contributed by atoms with Crippen molar-refractivity contribution in [1.29, 1.82) is 0 Å². The van der Waals surface area contributed by atoms with Gasteiger partial charge in [-0.2, -0.15) is 0 Å². The minimum absolute atomic E-state index is 0.00909. The van der Waals surface area contributed by atoms with Crippen molar-refractivity contribution in [3.8, 4) is 11.5 Å². The lowest BCUT2D eigenvalue weighted by atomic mass is 9.97. The Morgan fingerprint density at radius 2 is 1.82 bits per heavy atom. The molecule has 6 nitrogen and oxygen atoms in total. The second-order valence-electron chi connectivity index (χ2n) is 7.50. The topological polar surface area (TPSA) is 78.9 Å². The maximum Gasteiger partial charge on any atom is 0.272 e. The summed E-state index contributed by atoms with van der Waals surface area (Å²) < 4.78 is 5.56. The van der Waals surface area contributed by atoms with E-state index in [9.17, 15) is 14.7 Å². The number of benzene rings is 3. The fourth-order valence-electron chi connectivity index (χ4n) is 3.95. The summed E-state index contributed by atoms with van der Waals surface area (Å²) in [6.45, 7) is 2.20. The third-order valence-electron chi connectivity index (χ3n) is 5.46. The second-order valence-corrected chi connectivity index (χ2v) is 8.99. The van der Waals surface area contributed by atoms with Gasteiger partial charge in [0.1, 0.15) is 0 Å². The SMILES string of the molecule is CCOc1cc([C@H]2Nc3ccccc3SC3=C2C(=O)N(c2ccc(Cl)cc2)C3=O)ccc1O. The van der Waals surface area contributed by atoms with E-state index in [2.05, 4.69) is 5.32 Å². The number of amides is 2. The van der Waals surface area contributed by atoms with E-state index in [0.29, 0.717) is 39.1 Å². The Bertz CT molecular complexity index is 1310. The average Bonchev–Trinajstić information content (AvgIpc) is 2.95. The molecule has 0 unspecified atom stereocenters. The summed E-state index contributed by atoms with van der Waals surface area (Å²) in [6.07, 6.45) is 0. The number of anilines is 2. The van der Waals surface area contributed by atoms with Gasteiger partial charge in [-0.3, -0.25) is 9.59 Å². The molecule has 0 saturated heterocycles. The summed E-state index contributed by atoms with van der Waals surface area (Å²) in [6, 6.07) is 18.5. The largest absolute Gasteiger partial charge is 0.504 e. The Hall–Kier alpha value is -3.42. The Kier molecular flexibility index (Phi) is 5.52. The number of carbonyl (C=O) groups excluding carboxylic acids is 2. The number of aromatic hydroxyl groups is 1. The van der Waals surface area contributed by atoms with Gasteiger partial charge in [0.05, 0.1) is 28.8 Å². The van der Waals surface area contributed by atoms with Crippen molar-refractivity contribution in [1.82, 2.24) is 0 Å². The van der Waals surface area contributed by atoms with Crippen molar-refractivity contribution in [2.75, 3.05) is 16.8 Å². The molecule has 2 aliphatic rings. The van der Waals surface area contributed by atoms with Crippen LogP contribution < -0.4 is 15.0 Å². The molecular formula is C25H19ClN2O4S. The zero-order valence-electron chi connectivity index (χ0n) is 17.5. The minimum Gasteiger partial charge on any atom is -0.504 e. The highest BCUT2D eigenvalue weighted by Gasteiger charge is 2.45. The number of ether oxygens (including phenoxy) is 1. The molecule has 0 spiro atoms. The minimum atomic E-state index is -0.621. The molecule has 2 heterocycles. The first-order chi connectivity index (χ1) is 16.0. The number of nitrogens with one attached hydrogen (secondary N) is 1. The third kappa shape index (κ3) is 3.73. The van der Waals surface area contributed by atoms with E-state index in [1.54, 1.807) is 36.4 Å². The molecule has 2 N–H and O–H groups in total. The van der Waals surface area contributed by atoms with E-state index in [4.69, 9.17) is 16.3 Å². The molecule has 0 aromatic heterocycles. The van der Waals surface area contributed by atoms with Crippen LogP contribution in [0.4, 0.5) is 11.4 Å². The summed E-state index contributed by atoms with van der Waals surface area (Å²) in [7, 11) is 0.